The van der Waals surface area contributed by atoms with Gasteiger partial charge in [0.2, 0.25) is 10.0 Å². The van der Waals surface area contributed by atoms with E-state index < -0.39 is 15.8 Å². The highest BCUT2D eigenvalue weighted by Gasteiger charge is 2.28. The van der Waals surface area contributed by atoms with Crippen LogP contribution < -0.4 is 10.1 Å². The number of hydrogen-bond acceptors (Lipinski definition) is 4. The Kier molecular flexibility index (Phi) is 6.87. The third kappa shape index (κ3) is 5.33. The first-order valence-electron chi connectivity index (χ1n) is 9.63. The molecule has 0 saturated carbocycles. The van der Waals surface area contributed by atoms with Crippen LogP contribution in [-0.2, 0) is 10.0 Å². The van der Waals surface area contributed by atoms with Gasteiger partial charge in [-0.05, 0) is 55.2 Å². The van der Waals surface area contributed by atoms with Crippen molar-refractivity contribution in [3.05, 3.63) is 59.9 Å². The first-order chi connectivity index (χ1) is 13.9. The standard InChI is InChI=1S/C21H25FN2O4S/c1-16-5-4-13-24(15-16)29(26,27)18-10-8-17(9-11-18)21(25)23-12-14-28-20-7-3-2-6-19(20)22/h2-3,6-11,16H,4-5,12-15H2,1H3,(H,23,25)/t16-/m0/s1. The second-order valence-electron chi connectivity index (χ2n) is 7.17. The number of nitrogens with zero attached hydrogens (tertiary/aromatic N) is 1. The van der Waals surface area contributed by atoms with E-state index in [0.29, 0.717) is 24.6 Å². The van der Waals surface area contributed by atoms with Gasteiger partial charge in [0.25, 0.3) is 5.91 Å². The minimum absolute atomic E-state index is 0.117. The normalized spacial score (nSPS) is 17.7. The van der Waals surface area contributed by atoms with Gasteiger partial charge in [-0.25, -0.2) is 12.8 Å². The lowest BCUT2D eigenvalue weighted by Crippen LogP contribution is -2.39. The lowest BCUT2D eigenvalue weighted by atomic mass is 10.0. The van der Waals surface area contributed by atoms with Gasteiger partial charge >= 0.3 is 0 Å². The molecule has 1 fully saturated rings. The van der Waals surface area contributed by atoms with Crippen LogP contribution in [0.25, 0.3) is 0 Å². The average Bonchev–Trinajstić information content (AvgIpc) is 2.72. The van der Waals surface area contributed by atoms with E-state index in [4.69, 9.17) is 4.74 Å². The van der Waals surface area contributed by atoms with Crippen LogP contribution in [0.5, 0.6) is 5.75 Å². The number of benzene rings is 2. The number of para-hydroxylation sites is 1. The molecule has 1 atom stereocenters. The Labute approximate surface area is 170 Å². The highest BCUT2D eigenvalue weighted by atomic mass is 32.2. The molecule has 156 valence electrons. The molecule has 0 bridgehead atoms. The summed E-state index contributed by atoms with van der Waals surface area (Å²) in [4.78, 5) is 12.4. The zero-order valence-corrected chi connectivity index (χ0v) is 17.1. The van der Waals surface area contributed by atoms with Crippen molar-refractivity contribution in [3.63, 3.8) is 0 Å². The smallest absolute Gasteiger partial charge is 0.251 e. The third-order valence-corrected chi connectivity index (χ3v) is 6.74. The first kappa shape index (κ1) is 21.3. The Hall–Kier alpha value is -2.45. The summed E-state index contributed by atoms with van der Waals surface area (Å²) in [6.45, 7) is 3.40. The van der Waals surface area contributed by atoms with Gasteiger partial charge in [-0.15, -0.1) is 0 Å². The predicted molar refractivity (Wildman–Crippen MR) is 108 cm³/mol. The van der Waals surface area contributed by atoms with Gasteiger partial charge in [0.15, 0.2) is 11.6 Å². The largest absolute Gasteiger partial charge is 0.489 e. The molecule has 29 heavy (non-hydrogen) atoms. The molecule has 0 spiro atoms. The fourth-order valence-electron chi connectivity index (χ4n) is 3.28. The second-order valence-corrected chi connectivity index (χ2v) is 9.11. The van der Waals surface area contributed by atoms with Gasteiger partial charge in [-0.2, -0.15) is 4.31 Å². The van der Waals surface area contributed by atoms with E-state index in [1.54, 1.807) is 12.1 Å². The van der Waals surface area contributed by atoms with Crippen molar-refractivity contribution >= 4 is 15.9 Å². The van der Waals surface area contributed by atoms with Gasteiger partial charge in [0.05, 0.1) is 11.4 Å². The van der Waals surface area contributed by atoms with Gasteiger partial charge in [0, 0.05) is 18.7 Å². The molecule has 1 aliphatic rings. The second kappa shape index (κ2) is 9.37. The topological polar surface area (TPSA) is 75.7 Å². The zero-order valence-electron chi connectivity index (χ0n) is 16.3. The van der Waals surface area contributed by atoms with Crippen molar-refractivity contribution in [3.8, 4) is 5.75 Å². The number of nitrogens with one attached hydrogen (secondary N) is 1. The minimum Gasteiger partial charge on any atom is -0.489 e. The predicted octanol–water partition coefficient (Wildman–Crippen LogP) is 3.06. The Bertz CT molecular complexity index is 947. The Morgan fingerprint density at radius 3 is 2.62 bits per heavy atom. The van der Waals surface area contributed by atoms with E-state index in [1.165, 1.54) is 40.7 Å². The Balaban J connectivity index is 1.54. The third-order valence-electron chi connectivity index (χ3n) is 4.86. The lowest BCUT2D eigenvalue weighted by Gasteiger charge is -2.30. The number of rotatable bonds is 7. The molecule has 0 aromatic heterocycles. The number of ether oxygens (including phenoxy) is 1. The molecule has 0 unspecified atom stereocenters. The number of sulfonamides is 1. The highest BCUT2D eigenvalue weighted by molar-refractivity contribution is 7.89. The molecule has 1 amide bonds. The molecule has 1 heterocycles. The highest BCUT2D eigenvalue weighted by Crippen LogP contribution is 2.23. The molecular weight excluding hydrogens is 395 g/mol. The summed E-state index contributed by atoms with van der Waals surface area (Å²) in [6, 6.07) is 11.9. The molecule has 2 aromatic rings. The van der Waals surface area contributed by atoms with Gasteiger partial charge < -0.3 is 10.1 Å². The van der Waals surface area contributed by atoms with E-state index in [1.807, 2.05) is 6.92 Å². The van der Waals surface area contributed by atoms with E-state index >= 15 is 0 Å². The molecule has 0 aliphatic carbocycles. The number of piperidine rings is 1. The molecule has 3 rings (SSSR count). The SMILES string of the molecule is C[C@H]1CCCN(S(=O)(=O)c2ccc(C(=O)NCCOc3ccccc3F)cc2)C1. The van der Waals surface area contributed by atoms with E-state index in [0.717, 1.165) is 12.8 Å². The molecule has 1 saturated heterocycles. The number of halogens is 1. The molecule has 0 radical (unpaired) electrons. The Morgan fingerprint density at radius 2 is 1.93 bits per heavy atom. The number of amides is 1. The van der Waals surface area contributed by atoms with Crippen LogP contribution in [0, 0.1) is 11.7 Å². The van der Waals surface area contributed by atoms with Crippen LogP contribution in [0.2, 0.25) is 0 Å². The molecular formula is C21H25FN2O4S. The average molecular weight is 421 g/mol. The van der Waals surface area contributed by atoms with Crippen LogP contribution in [0.15, 0.2) is 53.4 Å². The van der Waals surface area contributed by atoms with Crippen molar-refractivity contribution in [2.24, 2.45) is 5.92 Å². The van der Waals surface area contributed by atoms with Crippen LogP contribution in [-0.4, -0.2) is 44.9 Å². The molecule has 2 aromatic carbocycles. The van der Waals surface area contributed by atoms with Gasteiger partial charge in [-0.3, -0.25) is 4.79 Å². The monoisotopic (exact) mass is 420 g/mol. The van der Waals surface area contributed by atoms with Crippen LogP contribution in [0.4, 0.5) is 4.39 Å². The number of carbonyl (C=O) groups is 1. The number of carbonyl (C=O) groups excluding carboxylic acids is 1. The fraction of sp³-hybridized carbons (Fsp3) is 0.381. The van der Waals surface area contributed by atoms with Crippen molar-refractivity contribution < 1.29 is 22.3 Å². The maximum atomic E-state index is 13.5. The summed E-state index contributed by atoms with van der Waals surface area (Å²) < 4.78 is 45.8. The van der Waals surface area contributed by atoms with Crippen LogP contribution in [0.3, 0.4) is 0 Å². The quantitative estimate of drug-likeness (QED) is 0.699. The van der Waals surface area contributed by atoms with Crippen LogP contribution in [0.1, 0.15) is 30.1 Å². The van der Waals surface area contributed by atoms with Crippen molar-refractivity contribution in [2.45, 2.75) is 24.7 Å². The van der Waals surface area contributed by atoms with Gasteiger partial charge in [0.1, 0.15) is 6.61 Å². The number of hydrogen-bond donors (Lipinski definition) is 1. The molecule has 1 aliphatic heterocycles. The van der Waals surface area contributed by atoms with Crippen LogP contribution >= 0.6 is 0 Å². The van der Waals surface area contributed by atoms with E-state index in [2.05, 4.69) is 5.32 Å². The summed E-state index contributed by atoms with van der Waals surface area (Å²) in [6.07, 6.45) is 1.89. The Morgan fingerprint density at radius 1 is 1.21 bits per heavy atom. The lowest BCUT2D eigenvalue weighted by molar-refractivity contribution is 0.0946. The van der Waals surface area contributed by atoms with Gasteiger partial charge in [-0.1, -0.05) is 19.1 Å². The maximum absolute atomic E-state index is 13.5. The first-order valence-corrected chi connectivity index (χ1v) is 11.1. The summed E-state index contributed by atoms with van der Waals surface area (Å²) in [5.74, 6) is -0.338. The van der Waals surface area contributed by atoms with Crippen molar-refractivity contribution in [1.82, 2.24) is 9.62 Å². The van der Waals surface area contributed by atoms with Crippen molar-refractivity contribution in [2.75, 3.05) is 26.2 Å². The van der Waals surface area contributed by atoms with E-state index in [-0.39, 0.29) is 29.7 Å². The van der Waals surface area contributed by atoms with Crippen molar-refractivity contribution in [1.29, 1.82) is 0 Å². The summed E-state index contributed by atoms with van der Waals surface area (Å²) in [5.41, 5.74) is 0.349. The summed E-state index contributed by atoms with van der Waals surface area (Å²) in [7, 11) is -3.55. The summed E-state index contributed by atoms with van der Waals surface area (Å²) in [5, 5.41) is 2.67. The summed E-state index contributed by atoms with van der Waals surface area (Å²) >= 11 is 0. The molecule has 8 heteroatoms. The minimum atomic E-state index is -3.55. The molecule has 6 nitrogen and oxygen atoms in total. The van der Waals surface area contributed by atoms with E-state index in [9.17, 15) is 17.6 Å². The fourth-order valence-corrected chi connectivity index (χ4v) is 4.88. The maximum Gasteiger partial charge on any atom is 0.251 e. The molecule has 1 N–H and O–H groups in total. The zero-order chi connectivity index (χ0) is 20.9.